The van der Waals surface area contributed by atoms with Crippen LogP contribution in [0.5, 0.6) is 11.5 Å². The molecule has 1 aromatic carbocycles. The van der Waals surface area contributed by atoms with E-state index in [0.717, 1.165) is 40.8 Å². The Kier molecular flexibility index (Phi) is 5.22. The summed E-state index contributed by atoms with van der Waals surface area (Å²) in [5, 5.41) is 0.963. The highest BCUT2D eigenvalue weighted by atomic mass is 16.5. The third-order valence-electron chi connectivity index (χ3n) is 3.24. The second-order valence-electron chi connectivity index (χ2n) is 4.71. The second kappa shape index (κ2) is 7.13. The molecule has 2 rings (SSSR count). The fourth-order valence-electron chi connectivity index (χ4n) is 2.39. The van der Waals surface area contributed by atoms with Gasteiger partial charge in [-0.3, -0.25) is 0 Å². The van der Waals surface area contributed by atoms with Gasteiger partial charge in [0, 0.05) is 5.39 Å². The zero-order valence-corrected chi connectivity index (χ0v) is 12.9. The molecular weight excluding hydrogens is 266 g/mol. The summed E-state index contributed by atoms with van der Waals surface area (Å²) in [6.07, 6.45) is 1.93. The number of rotatable bonds is 7. The SMILES string of the molecule is CCCc1cc2c(OCC)ccc(OCC)c2nc1NN. The lowest BCUT2D eigenvalue weighted by atomic mass is 10.1. The van der Waals surface area contributed by atoms with Gasteiger partial charge in [-0.2, -0.15) is 0 Å². The average Bonchev–Trinajstić information content (AvgIpc) is 2.50. The van der Waals surface area contributed by atoms with E-state index in [0.29, 0.717) is 19.0 Å². The standard InChI is InChI=1S/C16H23N3O2/c1-4-7-11-10-12-13(20-5-2)8-9-14(21-6-3)15(12)18-16(11)19-17/h8-10H,4-7,17H2,1-3H3,(H,18,19). The molecule has 21 heavy (non-hydrogen) atoms. The predicted molar refractivity (Wildman–Crippen MR) is 85.9 cm³/mol. The number of ether oxygens (including phenoxy) is 2. The minimum absolute atomic E-state index is 0.590. The van der Waals surface area contributed by atoms with Crippen LogP contribution in [0, 0.1) is 0 Å². The molecule has 0 aliphatic rings. The molecule has 2 aromatic rings. The van der Waals surface area contributed by atoms with Gasteiger partial charge in [0.25, 0.3) is 0 Å². The van der Waals surface area contributed by atoms with Crippen molar-refractivity contribution in [3.8, 4) is 11.5 Å². The molecule has 0 aliphatic heterocycles. The summed E-state index contributed by atoms with van der Waals surface area (Å²) < 4.78 is 11.4. The van der Waals surface area contributed by atoms with Crippen LogP contribution in [0.15, 0.2) is 18.2 Å². The number of benzene rings is 1. The van der Waals surface area contributed by atoms with Crippen LogP contribution in [0.4, 0.5) is 5.82 Å². The number of hydrogen-bond acceptors (Lipinski definition) is 5. The van der Waals surface area contributed by atoms with Crippen molar-refractivity contribution in [3.05, 3.63) is 23.8 Å². The predicted octanol–water partition coefficient (Wildman–Crippen LogP) is 3.27. The molecule has 5 nitrogen and oxygen atoms in total. The Morgan fingerprint density at radius 2 is 1.76 bits per heavy atom. The van der Waals surface area contributed by atoms with E-state index in [1.807, 2.05) is 26.0 Å². The Morgan fingerprint density at radius 3 is 2.38 bits per heavy atom. The molecule has 114 valence electrons. The van der Waals surface area contributed by atoms with Gasteiger partial charge in [-0.05, 0) is 44.0 Å². The minimum atomic E-state index is 0.590. The maximum Gasteiger partial charge on any atom is 0.145 e. The Morgan fingerprint density at radius 1 is 1.10 bits per heavy atom. The first-order valence-corrected chi connectivity index (χ1v) is 7.43. The third kappa shape index (κ3) is 3.19. The van der Waals surface area contributed by atoms with Gasteiger partial charge in [0.1, 0.15) is 22.8 Å². The molecule has 0 saturated carbocycles. The van der Waals surface area contributed by atoms with E-state index in [-0.39, 0.29) is 0 Å². The van der Waals surface area contributed by atoms with E-state index in [9.17, 15) is 0 Å². The van der Waals surface area contributed by atoms with E-state index >= 15 is 0 Å². The molecule has 1 aromatic heterocycles. The number of hydrogen-bond donors (Lipinski definition) is 2. The molecule has 3 N–H and O–H groups in total. The summed E-state index contributed by atoms with van der Waals surface area (Å²) in [4.78, 5) is 4.63. The Bertz CT molecular complexity index is 614. The number of hydrazine groups is 1. The van der Waals surface area contributed by atoms with E-state index in [1.54, 1.807) is 0 Å². The van der Waals surface area contributed by atoms with Crippen LogP contribution in [-0.2, 0) is 6.42 Å². The van der Waals surface area contributed by atoms with Gasteiger partial charge in [-0.15, -0.1) is 0 Å². The van der Waals surface area contributed by atoms with Crippen LogP contribution in [0.25, 0.3) is 10.9 Å². The lowest BCUT2D eigenvalue weighted by molar-refractivity contribution is 0.336. The molecule has 5 heteroatoms. The Balaban J connectivity index is 2.67. The molecule has 0 fully saturated rings. The molecule has 1 heterocycles. The van der Waals surface area contributed by atoms with Gasteiger partial charge in [0.15, 0.2) is 0 Å². The Hall–Kier alpha value is -2.01. The molecule has 0 amide bonds. The number of nitrogens with two attached hydrogens (primary N) is 1. The highest BCUT2D eigenvalue weighted by Crippen LogP contribution is 2.34. The van der Waals surface area contributed by atoms with E-state index < -0.39 is 0 Å². The Labute approximate surface area is 125 Å². The highest BCUT2D eigenvalue weighted by Gasteiger charge is 2.13. The van der Waals surface area contributed by atoms with Gasteiger partial charge in [-0.25, -0.2) is 10.8 Å². The number of pyridine rings is 1. The van der Waals surface area contributed by atoms with Crippen molar-refractivity contribution < 1.29 is 9.47 Å². The van der Waals surface area contributed by atoms with Crippen LogP contribution < -0.4 is 20.7 Å². The smallest absolute Gasteiger partial charge is 0.145 e. The number of aromatic nitrogens is 1. The average molecular weight is 289 g/mol. The summed E-state index contributed by atoms with van der Waals surface area (Å²) in [7, 11) is 0. The first kappa shape index (κ1) is 15.4. The van der Waals surface area contributed by atoms with Gasteiger partial charge in [-0.1, -0.05) is 13.3 Å². The molecule has 0 aliphatic carbocycles. The van der Waals surface area contributed by atoms with Gasteiger partial charge in [0.2, 0.25) is 0 Å². The topological polar surface area (TPSA) is 69.4 Å². The molecular formula is C16H23N3O2. The molecule has 0 atom stereocenters. The van der Waals surface area contributed by atoms with Gasteiger partial charge >= 0.3 is 0 Å². The van der Waals surface area contributed by atoms with Crippen molar-refractivity contribution in [2.24, 2.45) is 5.84 Å². The quantitative estimate of drug-likeness (QED) is 0.605. The summed E-state index contributed by atoms with van der Waals surface area (Å²) in [5.74, 6) is 7.87. The van der Waals surface area contributed by atoms with Gasteiger partial charge < -0.3 is 14.9 Å². The summed E-state index contributed by atoms with van der Waals surface area (Å²) in [6, 6.07) is 5.92. The van der Waals surface area contributed by atoms with E-state index in [2.05, 4.69) is 23.4 Å². The number of fused-ring (bicyclic) bond motifs is 1. The zero-order valence-electron chi connectivity index (χ0n) is 12.9. The number of anilines is 1. The van der Waals surface area contributed by atoms with Crippen molar-refractivity contribution >= 4 is 16.7 Å². The monoisotopic (exact) mass is 289 g/mol. The van der Waals surface area contributed by atoms with Crippen molar-refractivity contribution in [2.45, 2.75) is 33.6 Å². The summed E-state index contributed by atoms with van der Waals surface area (Å²) in [5.41, 5.74) is 4.54. The van der Waals surface area contributed by atoms with Crippen LogP contribution >= 0.6 is 0 Å². The molecule has 0 unspecified atom stereocenters. The third-order valence-corrected chi connectivity index (χ3v) is 3.24. The van der Waals surface area contributed by atoms with Crippen molar-refractivity contribution in [1.29, 1.82) is 0 Å². The summed E-state index contributed by atoms with van der Waals surface area (Å²) >= 11 is 0. The molecule has 0 radical (unpaired) electrons. The molecule has 0 bridgehead atoms. The number of nitrogens with zero attached hydrogens (tertiary/aromatic N) is 1. The van der Waals surface area contributed by atoms with Crippen molar-refractivity contribution in [3.63, 3.8) is 0 Å². The minimum Gasteiger partial charge on any atom is -0.493 e. The maximum absolute atomic E-state index is 5.71. The molecule has 0 saturated heterocycles. The van der Waals surface area contributed by atoms with Crippen LogP contribution in [-0.4, -0.2) is 18.2 Å². The number of nitrogens with one attached hydrogen (secondary N) is 1. The van der Waals surface area contributed by atoms with E-state index in [1.165, 1.54) is 0 Å². The van der Waals surface area contributed by atoms with Crippen LogP contribution in [0.2, 0.25) is 0 Å². The number of aryl methyl sites for hydroxylation is 1. The molecule has 0 spiro atoms. The van der Waals surface area contributed by atoms with Crippen molar-refractivity contribution in [1.82, 2.24) is 4.98 Å². The summed E-state index contributed by atoms with van der Waals surface area (Å²) in [6.45, 7) is 7.26. The fraction of sp³-hybridized carbons (Fsp3) is 0.438. The first-order valence-electron chi connectivity index (χ1n) is 7.43. The maximum atomic E-state index is 5.71. The fourth-order valence-corrected chi connectivity index (χ4v) is 2.39. The van der Waals surface area contributed by atoms with Gasteiger partial charge in [0.05, 0.1) is 13.2 Å². The second-order valence-corrected chi connectivity index (χ2v) is 4.71. The van der Waals surface area contributed by atoms with Crippen LogP contribution in [0.3, 0.4) is 0 Å². The lowest BCUT2D eigenvalue weighted by Crippen LogP contribution is -2.12. The zero-order chi connectivity index (χ0) is 15.2. The normalized spacial score (nSPS) is 10.7. The number of nitrogen functional groups attached to an aromatic ring is 1. The highest BCUT2D eigenvalue weighted by molar-refractivity contribution is 5.92. The van der Waals surface area contributed by atoms with E-state index in [4.69, 9.17) is 15.3 Å². The van der Waals surface area contributed by atoms with Crippen molar-refractivity contribution in [2.75, 3.05) is 18.6 Å². The largest absolute Gasteiger partial charge is 0.493 e. The lowest BCUT2D eigenvalue weighted by Gasteiger charge is -2.15. The van der Waals surface area contributed by atoms with Crippen LogP contribution in [0.1, 0.15) is 32.8 Å². The first-order chi connectivity index (χ1) is 10.2.